The number of hydrogen-bond acceptors (Lipinski definition) is 11. The Labute approximate surface area is 359 Å². The van der Waals surface area contributed by atoms with Gasteiger partial charge >= 0.3 is 5.97 Å². The third-order valence-electron chi connectivity index (χ3n) is 10.5. The molecule has 0 saturated heterocycles. The Bertz CT molecular complexity index is 2880. The molecule has 0 aliphatic heterocycles. The number of methoxy groups -OCH3 is 2. The van der Waals surface area contributed by atoms with E-state index in [0.717, 1.165) is 22.7 Å². The highest BCUT2D eigenvalue weighted by molar-refractivity contribution is 5.91. The lowest BCUT2D eigenvalue weighted by Crippen LogP contribution is -2.23. The van der Waals surface area contributed by atoms with Gasteiger partial charge < -0.3 is 34.4 Å². The molecule has 2 saturated carbocycles. The largest absolute Gasteiger partial charge is 0.494 e. The van der Waals surface area contributed by atoms with E-state index >= 15 is 0 Å². The molecule has 17 nitrogen and oxygen atoms in total. The number of aromatic carboxylic acids is 1. The highest BCUT2D eigenvalue weighted by atomic mass is 19.1. The van der Waals surface area contributed by atoms with E-state index in [0.29, 0.717) is 36.1 Å². The van der Waals surface area contributed by atoms with Crippen LogP contribution in [0.3, 0.4) is 0 Å². The summed E-state index contributed by atoms with van der Waals surface area (Å²) in [6.45, 7) is 1.01. The molecule has 2 aliphatic rings. The second kappa shape index (κ2) is 18.6. The van der Waals surface area contributed by atoms with Crippen molar-refractivity contribution in [2.75, 3.05) is 14.2 Å². The van der Waals surface area contributed by atoms with Gasteiger partial charge in [0.2, 0.25) is 0 Å². The zero-order chi connectivity index (χ0) is 44.0. The predicted molar refractivity (Wildman–Crippen MR) is 225 cm³/mol. The monoisotopic (exact) mass is 858 g/mol. The van der Waals surface area contributed by atoms with E-state index in [-0.39, 0.29) is 41.8 Å². The van der Waals surface area contributed by atoms with Crippen LogP contribution in [-0.4, -0.2) is 80.0 Å². The van der Waals surface area contributed by atoms with Crippen LogP contribution in [0.25, 0.3) is 11.3 Å². The molecule has 6 aromatic heterocycles. The van der Waals surface area contributed by atoms with Gasteiger partial charge in [0.15, 0.2) is 34.5 Å². The molecule has 0 bridgehead atoms. The minimum atomic E-state index is -1.08. The van der Waals surface area contributed by atoms with E-state index in [1.54, 1.807) is 41.2 Å². The molecule has 0 unspecified atom stereocenters. The van der Waals surface area contributed by atoms with Crippen molar-refractivity contribution in [1.29, 1.82) is 0 Å². The molecule has 1 amide bonds. The van der Waals surface area contributed by atoms with E-state index in [4.69, 9.17) is 20.3 Å². The number of carbonyl (C=O) groups is 2. The van der Waals surface area contributed by atoms with Crippen molar-refractivity contribution in [1.82, 2.24) is 54.1 Å². The van der Waals surface area contributed by atoms with Crippen LogP contribution in [-0.2, 0) is 26.2 Å². The number of halogens is 2. The highest BCUT2D eigenvalue weighted by Crippen LogP contribution is 2.40. The highest BCUT2D eigenvalue weighted by Gasteiger charge is 2.25. The second-order valence-electron chi connectivity index (χ2n) is 15.1. The van der Waals surface area contributed by atoms with Crippen LogP contribution >= 0.6 is 0 Å². The number of imidazole rings is 2. The number of rotatable bonds is 13. The van der Waals surface area contributed by atoms with Gasteiger partial charge in [-0.25, -0.2) is 32.9 Å². The minimum absolute atomic E-state index is 0.0183. The van der Waals surface area contributed by atoms with Gasteiger partial charge in [-0.1, -0.05) is 46.8 Å². The number of carboxylic acids is 1. The van der Waals surface area contributed by atoms with Gasteiger partial charge in [-0.15, -0.1) is 10.2 Å². The predicted octanol–water partition coefficient (Wildman–Crippen LogP) is 5.77. The number of aromatic nitrogens is 10. The first-order valence-electron chi connectivity index (χ1n) is 20.2. The average Bonchev–Trinajstić information content (AvgIpc) is 4.13. The first kappa shape index (κ1) is 42.2. The molecule has 8 aromatic rings. The Morgan fingerprint density at radius 3 is 1.67 bits per heavy atom. The summed E-state index contributed by atoms with van der Waals surface area (Å²) in [5.41, 5.74) is 12.3. The van der Waals surface area contributed by atoms with Gasteiger partial charge in [0.1, 0.15) is 11.3 Å². The zero-order valence-corrected chi connectivity index (χ0v) is 34.4. The van der Waals surface area contributed by atoms with E-state index in [1.165, 1.54) is 68.0 Å². The summed E-state index contributed by atoms with van der Waals surface area (Å²) in [7, 11) is 2.83. The van der Waals surface area contributed by atoms with Crippen molar-refractivity contribution >= 4 is 23.2 Å². The van der Waals surface area contributed by atoms with Gasteiger partial charge in [-0.2, -0.15) is 0 Å². The molecule has 0 atom stereocenters. The van der Waals surface area contributed by atoms with Crippen molar-refractivity contribution in [3.63, 3.8) is 0 Å². The number of benzene rings is 2. The van der Waals surface area contributed by atoms with Crippen LogP contribution in [0.5, 0.6) is 11.5 Å². The Morgan fingerprint density at radius 1 is 0.698 bits per heavy atom. The maximum absolute atomic E-state index is 14.2. The fraction of sp³-hybridized carbons (Fsp3) is 0.273. The third kappa shape index (κ3) is 10.2. The van der Waals surface area contributed by atoms with Crippen LogP contribution in [0.15, 0.2) is 97.8 Å². The lowest BCUT2D eigenvalue weighted by molar-refractivity contribution is 0.0690. The average molecular weight is 859 g/mol. The summed E-state index contributed by atoms with van der Waals surface area (Å²) in [5.74, 6) is -0.612. The van der Waals surface area contributed by atoms with E-state index in [1.807, 2.05) is 33.3 Å². The Balaban J connectivity index is 0.000000146. The number of nitrogens with zero attached hydrogens (tertiary/aromatic N) is 10. The number of amides is 1. The molecule has 2 fully saturated rings. The molecule has 10 rings (SSSR count). The second-order valence-corrected chi connectivity index (χ2v) is 15.1. The number of carbonyl (C=O) groups excluding carboxylic acids is 1. The molecule has 6 heterocycles. The van der Waals surface area contributed by atoms with Crippen LogP contribution in [0.4, 0.5) is 8.78 Å². The van der Waals surface area contributed by atoms with Gasteiger partial charge in [-0.05, 0) is 72.9 Å². The van der Waals surface area contributed by atoms with Crippen molar-refractivity contribution in [3.8, 4) is 11.5 Å². The summed E-state index contributed by atoms with van der Waals surface area (Å²) in [6.07, 6.45) is 16.2. The van der Waals surface area contributed by atoms with E-state index in [2.05, 4.69) is 60.4 Å². The van der Waals surface area contributed by atoms with Crippen molar-refractivity contribution in [2.45, 2.75) is 63.7 Å². The van der Waals surface area contributed by atoms with Crippen LogP contribution < -0.4 is 20.5 Å². The van der Waals surface area contributed by atoms with Crippen molar-refractivity contribution < 1.29 is 33.0 Å². The lowest BCUT2D eigenvalue weighted by atomic mass is 10.2. The van der Waals surface area contributed by atoms with Gasteiger partial charge in [0, 0.05) is 49.0 Å². The fourth-order valence-corrected chi connectivity index (χ4v) is 6.87. The summed E-state index contributed by atoms with van der Waals surface area (Å²) < 4.78 is 44.1. The summed E-state index contributed by atoms with van der Waals surface area (Å²) >= 11 is 0. The quantitative estimate of drug-likeness (QED) is 0.126. The van der Waals surface area contributed by atoms with Crippen LogP contribution in [0, 0.1) is 11.6 Å². The molecule has 0 radical (unpaired) electrons. The van der Waals surface area contributed by atoms with Crippen LogP contribution in [0.1, 0.15) is 92.1 Å². The molecule has 2 aliphatic carbocycles. The number of nitrogens with one attached hydrogen (secondary N) is 1. The normalized spacial score (nSPS) is 13.2. The van der Waals surface area contributed by atoms with E-state index in [9.17, 15) is 18.4 Å². The molecule has 19 heteroatoms. The van der Waals surface area contributed by atoms with Gasteiger partial charge in [-0.3, -0.25) is 4.79 Å². The Kier molecular flexibility index (Phi) is 12.5. The summed E-state index contributed by atoms with van der Waals surface area (Å²) in [4.78, 5) is 32.3. The van der Waals surface area contributed by atoms with E-state index < -0.39 is 17.7 Å². The third-order valence-corrected chi connectivity index (χ3v) is 10.5. The number of carboxylic acid groups (broad SMARTS) is 1. The standard InChI is InChI=1S/C22H21FN6O2.C14H13N5O2.C8H10FNO/c1-31-19-4-2-3-15(21(19)23)9-24-22(30)18-13-29(27-26-18)12-17-11-28-10-16(14-5-6-14)7-8-20(28)25-17;20-14(21)12-8-19(17-16-12)7-11-6-18-5-10(9-1-2-9)3-4-13(18)15-11;1-11-7-4-2-3-6(5-10)8(7)9/h2-4,7-8,10-11,13-14H,5-6,9,12H2,1H3,(H,24,30);3-6,8-9H,1-2,7H2,(H,20,21);2-4H,5,10H2,1H3. The lowest BCUT2D eigenvalue weighted by Gasteiger charge is -2.07. The number of nitrogens with two attached hydrogens (primary N) is 1. The minimum Gasteiger partial charge on any atom is -0.494 e. The maximum atomic E-state index is 14.2. The van der Waals surface area contributed by atoms with Crippen LogP contribution in [0.2, 0.25) is 0 Å². The van der Waals surface area contributed by atoms with Crippen molar-refractivity contribution in [2.24, 2.45) is 5.73 Å². The zero-order valence-electron chi connectivity index (χ0n) is 34.4. The fourth-order valence-electron chi connectivity index (χ4n) is 6.87. The summed E-state index contributed by atoms with van der Waals surface area (Å²) in [6, 6.07) is 18.0. The number of hydrogen-bond donors (Lipinski definition) is 3. The molecule has 324 valence electrons. The number of ether oxygens (including phenoxy) is 2. The molecular formula is C44H44F2N12O5. The molecule has 0 spiro atoms. The van der Waals surface area contributed by atoms with Crippen molar-refractivity contribution in [3.05, 3.63) is 155 Å². The first-order valence-corrected chi connectivity index (χ1v) is 20.2. The Hall–Kier alpha value is -7.54. The molecule has 63 heavy (non-hydrogen) atoms. The topological polar surface area (TPSA) is 207 Å². The molecular weight excluding hydrogens is 815 g/mol. The molecule has 4 N–H and O–H groups in total. The SMILES string of the molecule is COc1cccc(CN)c1F.COc1cccc(CNC(=O)c2cn(Cc3cn4cc(C5CC5)ccc4n3)nn2)c1F.O=C(O)c1cn(Cc2cn3cc(C4CC4)ccc3n2)nn1. The Morgan fingerprint density at radius 2 is 1.19 bits per heavy atom. The first-order chi connectivity index (χ1) is 30.6. The molecule has 2 aromatic carbocycles. The van der Waals surface area contributed by atoms with Gasteiger partial charge in [0.05, 0.1) is 51.1 Å². The van der Waals surface area contributed by atoms with Gasteiger partial charge in [0.25, 0.3) is 5.91 Å². The summed E-state index contributed by atoms with van der Waals surface area (Å²) in [5, 5.41) is 26.8. The number of fused-ring (bicyclic) bond motifs is 2. The number of pyridine rings is 2. The maximum Gasteiger partial charge on any atom is 0.358 e. The smallest absolute Gasteiger partial charge is 0.358 e.